The summed E-state index contributed by atoms with van der Waals surface area (Å²) in [4.78, 5) is 29.2. The lowest BCUT2D eigenvalue weighted by Gasteiger charge is -2.45. The van der Waals surface area contributed by atoms with Crippen molar-refractivity contribution >= 4 is 23.5 Å². The lowest BCUT2D eigenvalue weighted by atomic mass is 9.98. The van der Waals surface area contributed by atoms with Crippen molar-refractivity contribution in [1.82, 2.24) is 0 Å². The van der Waals surface area contributed by atoms with Crippen molar-refractivity contribution in [2.45, 2.75) is 57.0 Å². The topological polar surface area (TPSA) is 102 Å². The van der Waals surface area contributed by atoms with E-state index in [2.05, 4.69) is 4.99 Å². The van der Waals surface area contributed by atoms with Gasteiger partial charge in [0.15, 0.2) is 12.2 Å². The van der Waals surface area contributed by atoms with E-state index in [1.165, 1.54) is 24.3 Å². The number of hydrogen-bond donors (Lipinski definition) is 0. The molecule has 1 saturated heterocycles. The number of esters is 2. The van der Waals surface area contributed by atoms with Crippen molar-refractivity contribution in [2.75, 3.05) is 6.61 Å². The van der Waals surface area contributed by atoms with Gasteiger partial charge in [0.05, 0.1) is 24.5 Å². The number of carbonyl (C=O) groups is 2. The van der Waals surface area contributed by atoms with Crippen LogP contribution in [0.3, 0.4) is 0 Å². The summed E-state index contributed by atoms with van der Waals surface area (Å²) in [6, 6.07) is 33.5. The molecule has 12 heteroatoms. The Morgan fingerprint density at radius 3 is 1.73 bits per heavy atom. The molecule has 0 aliphatic carbocycles. The fourth-order valence-electron chi connectivity index (χ4n) is 5.05. The fourth-order valence-corrected chi connectivity index (χ4v) is 5.05. The quantitative estimate of drug-likeness (QED) is 0.0900. The summed E-state index contributed by atoms with van der Waals surface area (Å²) in [6.07, 6.45) is -12.2. The molecule has 0 unspecified atom stereocenters. The van der Waals surface area contributed by atoms with Crippen LogP contribution < -0.4 is 0 Å². The van der Waals surface area contributed by atoms with Gasteiger partial charge in [0.1, 0.15) is 18.8 Å². The van der Waals surface area contributed by atoms with Gasteiger partial charge in [-0.3, -0.25) is 4.79 Å². The number of aliphatic imine (C=N–C) groups is 1. The summed E-state index contributed by atoms with van der Waals surface area (Å²) in [7, 11) is 0. The molecule has 0 amide bonds. The first-order valence-electron chi connectivity index (χ1n) is 15.4. The van der Waals surface area contributed by atoms with Crippen LogP contribution in [0.25, 0.3) is 0 Å². The number of nitrogens with zero attached hydrogens (tertiary/aromatic N) is 1. The molecule has 4 aromatic carbocycles. The monoisotopic (exact) mass is 677 g/mol. The summed E-state index contributed by atoms with van der Waals surface area (Å²) >= 11 is 0. The number of ether oxygens (including phenoxy) is 6. The van der Waals surface area contributed by atoms with Crippen LogP contribution in [0.5, 0.6) is 0 Å². The molecule has 1 fully saturated rings. The molecule has 0 spiro atoms. The highest BCUT2D eigenvalue weighted by molar-refractivity contribution is 5.89. The van der Waals surface area contributed by atoms with E-state index in [1.54, 1.807) is 91.0 Å². The minimum atomic E-state index is -5.06. The van der Waals surface area contributed by atoms with Gasteiger partial charge in [-0.1, -0.05) is 97.1 Å². The third-order valence-corrected chi connectivity index (χ3v) is 7.31. The number of alkyl halides is 3. The first kappa shape index (κ1) is 35.3. The Kier molecular flexibility index (Phi) is 12.1. The predicted molar refractivity (Wildman–Crippen MR) is 172 cm³/mol. The van der Waals surface area contributed by atoms with Crippen LogP contribution in [0.15, 0.2) is 126 Å². The van der Waals surface area contributed by atoms with Crippen LogP contribution in [-0.4, -0.2) is 61.3 Å². The van der Waals surface area contributed by atoms with Crippen molar-refractivity contribution < 1.29 is 51.2 Å². The smallest absolute Gasteiger partial charge is 0.459 e. The van der Waals surface area contributed by atoms with Gasteiger partial charge in [-0.15, -0.1) is 0 Å². The van der Waals surface area contributed by atoms with Crippen LogP contribution in [-0.2, 0) is 46.4 Å². The molecule has 5 rings (SSSR count). The van der Waals surface area contributed by atoms with Crippen molar-refractivity contribution in [3.05, 3.63) is 138 Å². The van der Waals surface area contributed by atoms with Crippen molar-refractivity contribution in [2.24, 2.45) is 4.99 Å². The first-order valence-corrected chi connectivity index (χ1v) is 15.4. The molecule has 49 heavy (non-hydrogen) atoms. The predicted octanol–water partition coefficient (Wildman–Crippen LogP) is 6.98. The molecule has 0 radical (unpaired) electrons. The Balaban J connectivity index is 1.52. The average molecular weight is 678 g/mol. The lowest BCUT2D eigenvalue weighted by molar-refractivity contribution is -0.307. The zero-order chi connectivity index (χ0) is 34.6. The zero-order valence-electron chi connectivity index (χ0n) is 26.4. The highest BCUT2D eigenvalue weighted by Gasteiger charge is 2.53. The maximum absolute atomic E-state index is 14.4. The Labute approximate surface area is 281 Å². The van der Waals surface area contributed by atoms with Gasteiger partial charge in [-0.05, 0) is 35.4 Å². The number of halogens is 3. The summed E-state index contributed by atoms with van der Waals surface area (Å²) in [6.45, 7) is 0.544. The molecule has 0 saturated carbocycles. The number of hydrogen-bond acceptors (Lipinski definition) is 9. The SMILES string of the molecule is CC(=O)O[C@@H]1[C@@H](OCc2ccccc2)[C@H](OC(=Nc2ccccc2)C(F)(F)F)O[C@H](COC(=O)c2ccccc2)[C@H]1OCc1ccccc1. The molecule has 5 atom stereocenters. The summed E-state index contributed by atoms with van der Waals surface area (Å²) in [5.41, 5.74) is 1.64. The third-order valence-electron chi connectivity index (χ3n) is 7.31. The second-order valence-electron chi connectivity index (χ2n) is 11.0. The highest BCUT2D eigenvalue weighted by Crippen LogP contribution is 2.33. The summed E-state index contributed by atoms with van der Waals surface area (Å²) < 4.78 is 78.6. The maximum atomic E-state index is 14.4. The van der Waals surface area contributed by atoms with Gasteiger partial charge in [0, 0.05) is 6.92 Å². The summed E-state index contributed by atoms with van der Waals surface area (Å²) in [5.74, 6) is -3.10. The van der Waals surface area contributed by atoms with Crippen LogP contribution in [0.1, 0.15) is 28.4 Å². The van der Waals surface area contributed by atoms with Gasteiger partial charge in [0.2, 0.25) is 6.29 Å². The van der Waals surface area contributed by atoms with E-state index >= 15 is 0 Å². The van der Waals surface area contributed by atoms with Gasteiger partial charge >= 0.3 is 18.1 Å². The largest absolute Gasteiger partial charge is 0.468 e. The summed E-state index contributed by atoms with van der Waals surface area (Å²) in [5, 5.41) is 0. The highest BCUT2D eigenvalue weighted by atomic mass is 19.4. The van der Waals surface area contributed by atoms with Crippen molar-refractivity contribution in [1.29, 1.82) is 0 Å². The molecule has 0 aromatic heterocycles. The van der Waals surface area contributed by atoms with E-state index in [9.17, 15) is 22.8 Å². The van der Waals surface area contributed by atoms with Crippen LogP contribution >= 0.6 is 0 Å². The Morgan fingerprint density at radius 1 is 0.694 bits per heavy atom. The van der Waals surface area contributed by atoms with Gasteiger partial charge in [-0.2, -0.15) is 13.2 Å². The van der Waals surface area contributed by atoms with E-state index in [0.29, 0.717) is 5.56 Å². The number of rotatable bonds is 12. The molecule has 4 aromatic rings. The molecule has 1 heterocycles. The third kappa shape index (κ3) is 10.2. The molecule has 0 bridgehead atoms. The molecule has 1 aliphatic rings. The van der Waals surface area contributed by atoms with Crippen LogP contribution in [0.4, 0.5) is 18.9 Å². The lowest BCUT2D eigenvalue weighted by Crippen LogP contribution is -2.62. The molecule has 1 aliphatic heterocycles. The zero-order valence-corrected chi connectivity index (χ0v) is 26.4. The van der Waals surface area contributed by atoms with Crippen molar-refractivity contribution in [3.8, 4) is 0 Å². The van der Waals surface area contributed by atoms with E-state index in [-0.39, 0.29) is 24.5 Å². The van der Waals surface area contributed by atoms with Crippen LogP contribution in [0.2, 0.25) is 0 Å². The molecule has 256 valence electrons. The minimum absolute atomic E-state index is 0.00401. The van der Waals surface area contributed by atoms with Gasteiger partial charge < -0.3 is 28.4 Å². The molecule has 9 nitrogen and oxygen atoms in total. The Morgan fingerprint density at radius 2 is 1.20 bits per heavy atom. The van der Waals surface area contributed by atoms with E-state index in [1.807, 2.05) is 6.07 Å². The molecule has 0 N–H and O–H groups in total. The number of benzene rings is 4. The van der Waals surface area contributed by atoms with E-state index in [4.69, 9.17) is 28.4 Å². The minimum Gasteiger partial charge on any atom is -0.459 e. The Bertz CT molecular complexity index is 1660. The molecular formula is C37H34F3NO8. The standard InChI is InChI=1S/C37H34F3NO8/c1-25(42)47-32-31(44-22-26-14-6-2-7-15-26)30(24-46-34(43)28-18-10-4-11-19-28)48-35(33(32)45-23-27-16-8-3-9-17-27)49-36(37(38,39)40)41-29-20-12-5-13-21-29/h2-21,30-33,35H,22-24H2,1H3/t30-,31-,32+,33-,35+/m1/s1. The Hall–Kier alpha value is -5.04. The second-order valence-corrected chi connectivity index (χ2v) is 11.0. The second kappa shape index (κ2) is 16.9. The first-order chi connectivity index (χ1) is 23.7. The fraction of sp³-hybridized carbons (Fsp3) is 0.270. The maximum Gasteiger partial charge on any atom is 0.468 e. The molecular weight excluding hydrogens is 643 g/mol. The van der Waals surface area contributed by atoms with Crippen molar-refractivity contribution in [3.63, 3.8) is 0 Å². The van der Waals surface area contributed by atoms with E-state index in [0.717, 1.165) is 12.5 Å². The van der Waals surface area contributed by atoms with E-state index < -0.39 is 61.3 Å². The van der Waals surface area contributed by atoms with Gasteiger partial charge in [-0.25, -0.2) is 9.79 Å². The normalized spacial score (nSPS) is 21.1. The van der Waals surface area contributed by atoms with Crippen LogP contribution in [0, 0.1) is 0 Å². The average Bonchev–Trinajstić information content (AvgIpc) is 3.10. The number of para-hydroxylation sites is 1. The number of carbonyl (C=O) groups excluding carboxylic acids is 2. The van der Waals surface area contributed by atoms with Gasteiger partial charge in [0.25, 0.3) is 5.90 Å².